The van der Waals surface area contributed by atoms with Gasteiger partial charge >= 0.3 is 26.2 Å². The molecule has 1 amide bonds. The third kappa shape index (κ3) is 2.23. The normalized spacial score (nSPS) is 18.0. The molecule has 1 aliphatic rings. The molecule has 0 bridgehead atoms. The van der Waals surface area contributed by atoms with Gasteiger partial charge in [0.15, 0.2) is 0 Å². The van der Waals surface area contributed by atoms with Gasteiger partial charge in [-0.3, -0.25) is 4.79 Å². The van der Waals surface area contributed by atoms with Gasteiger partial charge in [0.05, 0.1) is 0 Å². The van der Waals surface area contributed by atoms with Crippen LogP contribution in [-0.2, 0) is 4.79 Å². The van der Waals surface area contributed by atoms with Crippen molar-refractivity contribution in [2.45, 2.75) is 12.8 Å². The average molecular weight is 296 g/mol. The topological polar surface area (TPSA) is 29.1 Å². The van der Waals surface area contributed by atoms with Gasteiger partial charge in [-0.2, -0.15) is 0 Å². The Kier molecular flexibility index (Phi) is 3.54. The van der Waals surface area contributed by atoms with E-state index in [9.17, 15) is 4.79 Å². The van der Waals surface area contributed by atoms with E-state index in [1.807, 2.05) is 0 Å². The number of rotatable bonds is 0. The van der Waals surface area contributed by atoms with E-state index in [1.165, 1.54) is 0 Å². The third-order valence-corrected chi connectivity index (χ3v) is 0.903. The van der Waals surface area contributed by atoms with Crippen LogP contribution in [0.25, 0.3) is 0 Å². The van der Waals surface area contributed by atoms with Gasteiger partial charge in [0, 0.05) is 13.0 Å². The van der Waals surface area contributed by atoms with Crippen molar-refractivity contribution in [1.82, 2.24) is 5.32 Å². The van der Waals surface area contributed by atoms with Crippen molar-refractivity contribution >= 4 is 5.91 Å². The van der Waals surface area contributed by atoms with E-state index in [1.54, 1.807) is 0 Å². The van der Waals surface area contributed by atoms with Gasteiger partial charge in [-0.1, -0.05) is 0 Å². The molecule has 0 aromatic carbocycles. The van der Waals surface area contributed by atoms with Crippen LogP contribution in [0.3, 0.4) is 0 Å². The number of carbonyl (C=O) groups excluding carboxylic acids is 1. The van der Waals surface area contributed by atoms with E-state index in [0.29, 0.717) is 0 Å². The van der Waals surface area contributed by atoms with E-state index in [0.717, 1.165) is 19.4 Å². The second-order valence-corrected chi connectivity index (χ2v) is 1.45. The molecule has 0 radical (unpaired) electrons. The number of amides is 1. The first-order valence-electron chi connectivity index (χ1n) is 2.16. The first kappa shape index (κ1) is 7.35. The van der Waals surface area contributed by atoms with Crippen LogP contribution in [0.5, 0.6) is 0 Å². The molecular weight excluding hydrogens is 288 g/mol. The Morgan fingerprint density at radius 3 is 2.43 bits per heavy atom. The van der Waals surface area contributed by atoms with Crippen molar-refractivity contribution in [3.63, 3.8) is 0 Å². The molecule has 1 N–H and O–H groups in total. The summed E-state index contributed by atoms with van der Waals surface area (Å²) in [5, 5.41) is 2.68. The Balaban J connectivity index is 0.000000360. The van der Waals surface area contributed by atoms with Crippen LogP contribution in [0.1, 0.15) is 12.8 Å². The molecule has 0 saturated carbocycles. The maximum atomic E-state index is 10.1. The van der Waals surface area contributed by atoms with Crippen LogP contribution in [0.2, 0.25) is 0 Å². The predicted molar refractivity (Wildman–Crippen MR) is 23.6 cm³/mol. The zero-order valence-electron chi connectivity index (χ0n) is 3.94. The number of carbonyl (C=O) groups is 1. The summed E-state index contributed by atoms with van der Waals surface area (Å²) in [6.07, 6.45) is 1.76. The van der Waals surface area contributed by atoms with E-state index in [2.05, 4.69) is 5.32 Å². The van der Waals surface area contributed by atoms with Gasteiger partial charge in [0.25, 0.3) is 0 Å². The molecule has 3 heteroatoms. The van der Waals surface area contributed by atoms with Crippen LogP contribution in [0.15, 0.2) is 0 Å². The summed E-state index contributed by atoms with van der Waals surface area (Å²) in [5.41, 5.74) is 0. The van der Waals surface area contributed by atoms with Crippen LogP contribution >= 0.6 is 0 Å². The Morgan fingerprint density at radius 2 is 2.29 bits per heavy atom. The maximum absolute atomic E-state index is 10.1. The summed E-state index contributed by atoms with van der Waals surface area (Å²) in [5.74, 6) is 0.204. The summed E-state index contributed by atoms with van der Waals surface area (Å²) in [4.78, 5) is 10.1. The molecule has 0 spiro atoms. The zero-order valence-corrected chi connectivity index (χ0v) is 7.11. The van der Waals surface area contributed by atoms with Crippen molar-refractivity contribution in [3.8, 4) is 0 Å². The predicted octanol–water partition coefficient (Wildman–Crippen LogP) is -0.371. The molecule has 2 nitrogen and oxygen atoms in total. The van der Waals surface area contributed by atoms with Crippen molar-refractivity contribution < 1.29 is 31.0 Å². The average Bonchev–Trinajstić information content (AvgIpc) is 1.86. The SMILES string of the molecule is O=C1CCCN1.[AtH]. The van der Waals surface area contributed by atoms with Crippen LogP contribution in [0.4, 0.5) is 0 Å². The summed E-state index contributed by atoms with van der Waals surface area (Å²) in [6, 6.07) is 0. The van der Waals surface area contributed by atoms with Crippen molar-refractivity contribution in [3.05, 3.63) is 0 Å². The molecule has 1 aliphatic heterocycles. The Labute approximate surface area is 61.8 Å². The van der Waals surface area contributed by atoms with Gasteiger partial charge in [0.2, 0.25) is 5.91 Å². The fraction of sp³-hybridized carbons (Fsp3) is 0.750. The van der Waals surface area contributed by atoms with Crippen molar-refractivity contribution in [1.29, 1.82) is 0 Å². The number of hydrogen-bond acceptors (Lipinski definition) is 1. The second kappa shape index (κ2) is 3.37. The fourth-order valence-corrected chi connectivity index (χ4v) is 0.565. The molecule has 1 heterocycles. The van der Waals surface area contributed by atoms with Gasteiger partial charge < -0.3 is 5.32 Å². The van der Waals surface area contributed by atoms with Gasteiger partial charge in [0.1, 0.15) is 0 Å². The van der Waals surface area contributed by atoms with Gasteiger partial charge in [-0.25, -0.2) is 0 Å². The summed E-state index contributed by atoms with van der Waals surface area (Å²) < 4.78 is 0. The molecule has 0 atom stereocenters. The van der Waals surface area contributed by atoms with E-state index >= 15 is 0 Å². The molecule has 0 aromatic heterocycles. The Bertz CT molecular complexity index is 66.1. The van der Waals surface area contributed by atoms with Crippen LogP contribution < -0.4 is 5.32 Å². The Morgan fingerprint density at radius 1 is 1.57 bits per heavy atom. The molecule has 0 aliphatic carbocycles. The Hall–Kier alpha value is 0.353. The summed E-state index contributed by atoms with van der Waals surface area (Å²) in [7, 11) is 0. The molecule has 0 unspecified atom stereocenters. The van der Waals surface area contributed by atoms with E-state index in [-0.39, 0.29) is 32.1 Å². The van der Waals surface area contributed by atoms with E-state index < -0.39 is 0 Å². The molecule has 0 aromatic rings. The van der Waals surface area contributed by atoms with Crippen molar-refractivity contribution in [2.75, 3.05) is 6.54 Å². The molecular formula is C4H8AtNO. The standard InChI is InChI=1S/C4H7NO.AtH/c6-4-2-1-3-5-4;/h1-3H2,(H,5,6);1H. The third-order valence-electron chi connectivity index (χ3n) is 0.903. The van der Waals surface area contributed by atoms with Gasteiger partial charge in [-0.05, 0) is 6.42 Å². The molecule has 1 fully saturated rings. The minimum atomic E-state index is 0. The quantitative estimate of drug-likeness (QED) is 0.649. The fourth-order valence-electron chi connectivity index (χ4n) is 0.565. The zero-order chi connectivity index (χ0) is 4.41. The first-order chi connectivity index (χ1) is 2.89. The van der Waals surface area contributed by atoms with Crippen LogP contribution in [0, 0.1) is 26.2 Å². The second-order valence-electron chi connectivity index (χ2n) is 1.45. The minimum absolute atomic E-state index is 0. The monoisotopic (exact) mass is 296 g/mol. The van der Waals surface area contributed by atoms with Gasteiger partial charge in [-0.15, -0.1) is 0 Å². The first-order valence-corrected chi connectivity index (χ1v) is 2.16. The molecule has 1 rings (SSSR count). The molecule has 7 heavy (non-hydrogen) atoms. The van der Waals surface area contributed by atoms with E-state index in [4.69, 9.17) is 0 Å². The molecule has 1 saturated heterocycles. The van der Waals surface area contributed by atoms with Crippen molar-refractivity contribution in [2.24, 2.45) is 0 Å². The summed E-state index contributed by atoms with van der Waals surface area (Å²) >= 11 is 0. The number of nitrogens with one attached hydrogen (secondary N) is 1. The number of hydrogen-bond donors (Lipinski definition) is 1. The van der Waals surface area contributed by atoms with Crippen LogP contribution in [-0.4, -0.2) is 12.5 Å². The summed E-state index contributed by atoms with van der Waals surface area (Å²) in [6.45, 7) is 0.888. The molecule has 42 valence electrons.